The highest BCUT2D eigenvalue weighted by atomic mass is 32.1. The highest BCUT2D eigenvalue weighted by Gasteiger charge is 2.10. The lowest BCUT2D eigenvalue weighted by molar-refractivity contribution is -0.117. The molecular weight excluding hydrogens is 394 g/mol. The maximum Gasteiger partial charge on any atom is 0.244 e. The summed E-state index contributed by atoms with van der Waals surface area (Å²) in [5.41, 5.74) is 2.21. The molecule has 1 N–H and O–H groups in total. The van der Waals surface area contributed by atoms with Crippen LogP contribution >= 0.6 is 11.3 Å². The summed E-state index contributed by atoms with van der Waals surface area (Å²) in [6.45, 7) is 4.06. The molecule has 0 spiro atoms. The maximum absolute atomic E-state index is 13.3. The van der Waals surface area contributed by atoms with Gasteiger partial charge in [-0.2, -0.15) is 0 Å². The van der Waals surface area contributed by atoms with Gasteiger partial charge in [0.05, 0.1) is 16.7 Å². The summed E-state index contributed by atoms with van der Waals surface area (Å²) in [4.78, 5) is 16.4. The van der Waals surface area contributed by atoms with E-state index in [-0.39, 0.29) is 5.91 Å². The zero-order chi connectivity index (χ0) is 20.8. The molecule has 2 aromatic carbocycles. The first-order valence-electron chi connectivity index (χ1n) is 8.98. The molecule has 3 rings (SSSR count). The van der Waals surface area contributed by atoms with E-state index >= 15 is 0 Å². The number of hydrogen-bond acceptors (Lipinski definition) is 4. The second-order valence-electron chi connectivity index (χ2n) is 6.45. The summed E-state index contributed by atoms with van der Waals surface area (Å²) < 4.78 is 32.0. The Kier molecular flexibility index (Phi) is 6.72. The van der Waals surface area contributed by atoms with Crippen molar-refractivity contribution < 1.29 is 18.3 Å². The highest BCUT2D eigenvalue weighted by molar-refractivity contribution is 7.09. The number of thiazole rings is 1. The zero-order valence-corrected chi connectivity index (χ0v) is 16.8. The first-order chi connectivity index (χ1) is 13.9. The smallest absolute Gasteiger partial charge is 0.244 e. The molecule has 0 aliphatic rings. The average molecular weight is 414 g/mol. The standard InChI is InChI=1S/C22H20F2N2O2S/c1-14(17-6-9-20(23)21(24)11-17)25-22(27)10-5-16-3-7-19(8-4-16)28-12-18-13-29-15(2)26-18/h3-11,13-14H,12H2,1-2H3,(H,25,27)/b10-5+. The number of amides is 1. The first-order valence-corrected chi connectivity index (χ1v) is 9.86. The second kappa shape index (κ2) is 9.43. The molecular formula is C22H20F2N2O2S. The molecule has 150 valence electrons. The van der Waals surface area contributed by atoms with Crippen LogP contribution in [0.4, 0.5) is 8.78 Å². The van der Waals surface area contributed by atoms with Crippen molar-refractivity contribution in [1.82, 2.24) is 10.3 Å². The SMILES string of the molecule is Cc1nc(COc2ccc(/C=C/C(=O)NC(C)c3ccc(F)c(F)c3)cc2)cs1. The van der Waals surface area contributed by atoms with Crippen LogP contribution in [0.15, 0.2) is 53.9 Å². The van der Waals surface area contributed by atoms with Crippen molar-refractivity contribution in [3.8, 4) is 5.75 Å². The van der Waals surface area contributed by atoms with E-state index in [2.05, 4.69) is 10.3 Å². The fourth-order valence-corrected chi connectivity index (χ4v) is 3.20. The van der Waals surface area contributed by atoms with Crippen LogP contribution in [-0.2, 0) is 11.4 Å². The normalized spacial score (nSPS) is 12.1. The number of aromatic nitrogens is 1. The number of halogens is 2. The summed E-state index contributed by atoms with van der Waals surface area (Å²) in [6.07, 6.45) is 3.06. The molecule has 0 bridgehead atoms. The predicted molar refractivity (Wildman–Crippen MR) is 110 cm³/mol. The van der Waals surface area contributed by atoms with Gasteiger partial charge in [0.2, 0.25) is 5.91 Å². The number of carbonyl (C=O) groups is 1. The van der Waals surface area contributed by atoms with Crippen LogP contribution in [0.2, 0.25) is 0 Å². The Labute approximate surface area is 171 Å². The Morgan fingerprint density at radius 3 is 2.62 bits per heavy atom. The molecule has 1 atom stereocenters. The molecule has 7 heteroatoms. The average Bonchev–Trinajstić information content (AvgIpc) is 3.13. The summed E-state index contributed by atoms with van der Waals surface area (Å²) in [6, 6.07) is 10.4. The highest BCUT2D eigenvalue weighted by Crippen LogP contribution is 2.17. The van der Waals surface area contributed by atoms with Gasteiger partial charge in [0.25, 0.3) is 0 Å². The van der Waals surface area contributed by atoms with Crippen LogP contribution in [0.5, 0.6) is 5.75 Å². The van der Waals surface area contributed by atoms with Gasteiger partial charge < -0.3 is 10.1 Å². The zero-order valence-electron chi connectivity index (χ0n) is 16.0. The van der Waals surface area contributed by atoms with Crippen molar-refractivity contribution in [3.63, 3.8) is 0 Å². The molecule has 0 fully saturated rings. The van der Waals surface area contributed by atoms with Gasteiger partial charge >= 0.3 is 0 Å². The third-order valence-corrected chi connectivity index (χ3v) is 4.99. The van der Waals surface area contributed by atoms with Gasteiger partial charge in [-0.3, -0.25) is 4.79 Å². The van der Waals surface area contributed by atoms with Crippen LogP contribution < -0.4 is 10.1 Å². The van der Waals surface area contributed by atoms with Crippen molar-refractivity contribution in [2.24, 2.45) is 0 Å². The summed E-state index contributed by atoms with van der Waals surface area (Å²) in [7, 11) is 0. The second-order valence-corrected chi connectivity index (χ2v) is 7.51. The molecule has 3 aromatic rings. The molecule has 1 aromatic heterocycles. The minimum atomic E-state index is -0.939. The quantitative estimate of drug-likeness (QED) is 0.541. The molecule has 0 saturated carbocycles. The van der Waals surface area contributed by atoms with Crippen molar-refractivity contribution >= 4 is 23.3 Å². The Morgan fingerprint density at radius 1 is 1.21 bits per heavy atom. The van der Waals surface area contributed by atoms with Gasteiger partial charge in [0.1, 0.15) is 12.4 Å². The maximum atomic E-state index is 13.3. The van der Waals surface area contributed by atoms with Crippen molar-refractivity contribution in [1.29, 1.82) is 0 Å². The van der Waals surface area contributed by atoms with Crippen molar-refractivity contribution in [2.45, 2.75) is 26.5 Å². The number of nitrogens with zero attached hydrogens (tertiary/aromatic N) is 1. The van der Waals surface area contributed by atoms with E-state index in [4.69, 9.17) is 4.74 Å². The number of nitrogens with one attached hydrogen (secondary N) is 1. The Bertz CT molecular complexity index is 1020. The summed E-state index contributed by atoms with van der Waals surface area (Å²) >= 11 is 1.58. The van der Waals surface area contributed by atoms with Gasteiger partial charge in [-0.25, -0.2) is 13.8 Å². The van der Waals surface area contributed by atoms with E-state index in [9.17, 15) is 13.6 Å². The van der Waals surface area contributed by atoms with E-state index < -0.39 is 17.7 Å². The molecule has 0 aliphatic heterocycles. The first kappa shape index (κ1) is 20.7. The van der Waals surface area contributed by atoms with Crippen LogP contribution in [0, 0.1) is 18.6 Å². The largest absolute Gasteiger partial charge is 0.487 e. The fraction of sp³-hybridized carbons (Fsp3) is 0.182. The Balaban J connectivity index is 1.52. The number of rotatable bonds is 7. The molecule has 1 heterocycles. The summed E-state index contributed by atoms with van der Waals surface area (Å²) in [5.74, 6) is -1.47. The topological polar surface area (TPSA) is 51.2 Å². The minimum Gasteiger partial charge on any atom is -0.487 e. The summed E-state index contributed by atoms with van der Waals surface area (Å²) in [5, 5.41) is 5.69. The molecule has 0 radical (unpaired) electrons. The number of ether oxygens (including phenoxy) is 1. The molecule has 0 aliphatic carbocycles. The van der Waals surface area contributed by atoms with Gasteiger partial charge in [-0.15, -0.1) is 11.3 Å². The van der Waals surface area contributed by atoms with Gasteiger partial charge in [0.15, 0.2) is 11.6 Å². The number of benzene rings is 2. The fourth-order valence-electron chi connectivity index (χ4n) is 2.61. The number of aryl methyl sites for hydroxylation is 1. The Hall–Kier alpha value is -3.06. The number of hydrogen-bond donors (Lipinski definition) is 1. The van der Waals surface area contributed by atoms with E-state index in [0.29, 0.717) is 17.9 Å². The number of carbonyl (C=O) groups excluding carboxylic acids is 1. The third-order valence-electron chi connectivity index (χ3n) is 4.16. The van der Waals surface area contributed by atoms with E-state index in [1.165, 1.54) is 12.1 Å². The Morgan fingerprint density at radius 2 is 1.97 bits per heavy atom. The predicted octanol–water partition coefficient (Wildman–Crippen LogP) is 5.20. The molecule has 0 saturated heterocycles. The monoisotopic (exact) mass is 414 g/mol. The van der Waals surface area contributed by atoms with Crippen molar-refractivity contribution in [3.05, 3.63) is 87.4 Å². The lowest BCUT2D eigenvalue weighted by Gasteiger charge is -2.13. The van der Waals surface area contributed by atoms with E-state index in [0.717, 1.165) is 28.4 Å². The third kappa shape index (κ3) is 5.96. The minimum absolute atomic E-state index is 0.332. The molecule has 1 unspecified atom stereocenters. The van der Waals surface area contributed by atoms with E-state index in [1.807, 2.05) is 36.6 Å². The van der Waals surface area contributed by atoms with Crippen LogP contribution in [0.25, 0.3) is 6.08 Å². The van der Waals surface area contributed by atoms with Crippen LogP contribution in [0.3, 0.4) is 0 Å². The van der Waals surface area contributed by atoms with Gasteiger partial charge in [-0.05, 0) is 55.3 Å². The van der Waals surface area contributed by atoms with Crippen LogP contribution in [-0.4, -0.2) is 10.9 Å². The lowest BCUT2D eigenvalue weighted by Crippen LogP contribution is -2.24. The van der Waals surface area contributed by atoms with Crippen molar-refractivity contribution in [2.75, 3.05) is 0 Å². The van der Waals surface area contributed by atoms with Crippen LogP contribution in [0.1, 0.15) is 34.8 Å². The lowest BCUT2D eigenvalue weighted by atomic mass is 10.1. The van der Waals surface area contributed by atoms with E-state index in [1.54, 1.807) is 24.3 Å². The molecule has 4 nitrogen and oxygen atoms in total. The van der Waals surface area contributed by atoms with Gasteiger partial charge in [-0.1, -0.05) is 18.2 Å². The van der Waals surface area contributed by atoms with Gasteiger partial charge in [0, 0.05) is 11.5 Å². The molecule has 29 heavy (non-hydrogen) atoms. The molecule has 1 amide bonds.